The quantitative estimate of drug-likeness (QED) is 0.477. The molecule has 0 heterocycles. The second-order valence-electron chi connectivity index (χ2n) is 0. The zero-order valence-corrected chi connectivity index (χ0v) is 10.6. The van der Waals surface area contributed by atoms with Crippen LogP contribution in [0.2, 0.25) is 0 Å². The first-order valence-electron chi connectivity index (χ1n) is 0.158. The Morgan fingerprint density at radius 2 is 1.12 bits per heavy atom. The van der Waals surface area contributed by atoms with Crippen molar-refractivity contribution >= 4 is 17.4 Å². The van der Waals surface area contributed by atoms with Gasteiger partial charge in [0.05, 0.1) is 0 Å². The minimum atomic E-state index is 0. The van der Waals surface area contributed by atoms with Crippen LogP contribution in [0.15, 0.2) is 0 Å². The van der Waals surface area contributed by atoms with Crippen molar-refractivity contribution < 1.29 is 97.3 Å². The molecule has 8 heavy (non-hydrogen) atoms. The molecule has 0 aliphatic carbocycles. The summed E-state index contributed by atoms with van der Waals surface area (Å²) in [6.07, 6.45) is 0. The topological polar surface area (TPSA) is 51.7 Å². The van der Waals surface area contributed by atoms with Crippen LogP contribution in [-0.4, -0.2) is 27.0 Å². The van der Waals surface area contributed by atoms with Gasteiger partial charge in [-0.1, -0.05) is 0 Å². The molecule has 55 valence electrons. The third kappa shape index (κ3) is 60.7. The maximum atomic E-state index is 6.75. The van der Waals surface area contributed by atoms with E-state index in [0.717, 1.165) is 0 Å². The third-order valence-electron chi connectivity index (χ3n) is 0. The van der Waals surface area contributed by atoms with E-state index in [1.807, 2.05) is 0 Å². The molecule has 2 nitrogen and oxygen atoms in total. The molecule has 0 saturated carbocycles. The van der Waals surface area contributed by atoms with Crippen LogP contribution in [0.3, 0.4) is 0 Å². The van der Waals surface area contributed by atoms with Gasteiger partial charge >= 0.3 is 20.5 Å². The number of hydrogen-bond acceptors (Lipinski definition) is 1. The average Bonchev–Trinajstić information content (AvgIpc) is 1.00. The largest absolute Gasteiger partial charge is 0 e. The Labute approximate surface area is 113 Å². The maximum Gasteiger partial charge on any atom is 0 e. The summed E-state index contributed by atoms with van der Waals surface area (Å²) < 4.78 is 6.75. The molecule has 0 rings (SSSR count). The van der Waals surface area contributed by atoms with E-state index in [1.54, 1.807) is 0 Å². The fraction of sp³-hybridized carbons (Fsp3) is 0. The van der Waals surface area contributed by atoms with Crippen LogP contribution >= 0.6 is 0 Å². The molecular formula is H6AlCoFeNiO2VZn. The summed E-state index contributed by atoms with van der Waals surface area (Å²) in [5.74, 6) is 0. The van der Waals surface area contributed by atoms with E-state index in [-0.39, 0.29) is 94.1 Å². The molecule has 0 aromatic heterocycles. The Balaban J connectivity index is -0.000000000333. The Hall–Kier alpha value is 3.18. The normalized spacial score (nSPS) is 0.750. The third-order valence-corrected chi connectivity index (χ3v) is 0. The standard InChI is InChI=1S/Al.Co.Fe.Ni.2H2O.V.Zn.3H/h;;;;2*1H2;;;;;/q;;+1;;;;;;;;/p-1. The summed E-state index contributed by atoms with van der Waals surface area (Å²) in [7, 11) is 0. The average molecular weight is 355 g/mol. The molecule has 0 aromatic carbocycles. The van der Waals surface area contributed by atoms with Crippen molar-refractivity contribution in [2.24, 2.45) is 0 Å². The molecule has 8 heteroatoms. The van der Waals surface area contributed by atoms with E-state index in [9.17, 15) is 0 Å². The van der Waals surface area contributed by atoms with Crippen LogP contribution in [0.1, 0.15) is 0 Å². The first-order valence-corrected chi connectivity index (χ1v) is 0.652. The van der Waals surface area contributed by atoms with E-state index in [0.29, 0.717) is 0 Å². The van der Waals surface area contributed by atoms with Crippen LogP contribution < -0.4 is 0 Å². The van der Waals surface area contributed by atoms with Crippen molar-refractivity contribution in [1.29, 1.82) is 0 Å². The van der Waals surface area contributed by atoms with Gasteiger partial charge in [0.25, 0.3) is 0 Å². The fourth-order valence-corrected chi connectivity index (χ4v) is 0. The molecular weight excluding hydrogens is 349 g/mol. The molecule has 0 fully saturated rings. The zero-order valence-electron chi connectivity index (χ0n) is 3.10. The van der Waals surface area contributed by atoms with Crippen molar-refractivity contribution in [3.63, 3.8) is 0 Å². The van der Waals surface area contributed by atoms with Crippen molar-refractivity contribution in [2.45, 2.75) is 0 Å². The van der Waals surface area contributed by atoms with Crippen LogP contribution in [0, 0.1) is 0 Å². The van der Waals surface area contributed by atoms with Crippen molar-refractivity contribution in [2.75, 3.05) is 0 Å². The molecule has 0 aromatic rings. The molecule has 0 bridgehead atoms. The van der Waals surface area contributed by atoms with E-state index >= 15 is 0 Å². The van der Waals surface area contributed by atoms with Gasteiger partial charge in [-0.25, -0.2) is 0 Å². The van der Waals surface area contributed by atoms with Crippen LogP contribution in [0.5, 0.6) is 0 Å². The Morgan fingerprint density at radius 3 is 1.12 bits per heavy atom. The minimum absolute atomic E-state index is 0. The molecule has 3 N–H and O–H groups in total. The SMILES string of the molecule is O.[AlH3].[Co].[Ni].[OH][Fe].[V].[Zn]. The second kappa shape index (κ2) is 84.8. The number of hydrogen-bond donors (Lipinski definition) is 1. The van der Waals surface area contributed by atoms with Crippen molar-refractivity contribution in [3.8, 4) is 0 Å². The maximum absolute atomic E-state index is 6.75. The van der Waals surface area contributed by atoms with Crippen LogP contribution in [0.25, 0.3) is 0 Å². The Kier molecular flexibility index (Phi) is 703. The first-order chi connectivity index (χ1) is 1.00. The van der Waals surface area contributed by atoms with Gasteiger partial charge in [-0.15, -0.1) is 0 Å². The fourth-order valence-electron chi connectivity index (χ4n) is 0. The van der Waals surface area contributed by atoms with Gasteiger partial charge in [-0.05, 0) is 0 Å². The molecule has 0 spiro atoms. The van der Waals surface area contributed by atoms with E-state index in [2.05, 4.69) is 16.3 Å². The Morgan fingerprint density at radius 1 is 1.12 bits per heavy atom. The minimum Gasteiger partial charge on any atom is 0 e. The van der Waals surface area contributed by atoms with Gasteiger partial charge in [0, 0.05) is 71.3 Å². The predicted octanol–water partition coefficient (Wildman–Crippen LogP) is -2.58. The molecule has 0 aliphatic heterocycles. The van der Waals surface area contributed by atoms with Gasteiger partial charge in [0.1, 0.15) is 0 Å². The van der Waals surface area contributed by atoms with Gasteiger partial charge in [0.15, 0.2) is 17.4 Å². The monoisotopic (exact) mass is 353 g/mol. The smallest absolute Gasteiger partial charge is 0 e. The Bertz CT molecular complexity index is 22.0. The van der Waals surface area contributed by atoms with E-state index < -0.39 is 0 Å². The van der Waals surface area contributed by atoms with Gasteiger partial charge in [-0.2, -0.15) is 0 Å². The number of rotatable bonds is 0. The van der Waals surface area contributed by atoms with Gasteiger partial charge in [-0.3, -0.25) is 0 Å². The van der Waals surface area contributed by atoms with Crippen molar-refractivity contribution in [3.05, 3.63) is 0 Å². The van der Waals surface area contributed by atoms with Crippen molar-refractivity contribution in [1.82, 2.24) is 0 Å². The zero-order chi connectivity index (χ0) is 2.00. The molecule has 0 saturated heterocycles. The van der Waals surface area contributed by atoms with E-state index in [1.165, 1.54) is 0 Å². The summed E-state index contributed by atoms with van der Waals surface area (Å²) in [6.45, 7) is 0. The predicted molar refractivity (Wildman–Crippen MR) is 15.8 cm³/mol. The molecule has 0 unspecified atom stereocenters. The van der Waals surface area contributed by atoms with Gasteiger partial charge in [0.2, 0.25) is 0 Å². The summed E-state index contributed by atoms with van der Waals surface area (Å²) in [6, 6.07) is 0. The second-order valence-corrected chi connectivity index (χ2v) is 0. The summed E-state index contributed by atoms with van der Waals surface area (Å²) in [5, 5.41) is 0. The molecule has 0 aliphatic rings. The summed E-state index contributed by atoms with van der Waals surface area (Å²) >= 11 is 2.25. The molecule has 0 atom stereocenters. The summed E-state index contributed by atoms with van der Waals surface area (Å²) in [5.41, 5.74) is 0. The first kappa shape index (κ1) is 66.3. The van der Waals surface area contributed by atoms with E-state index in [4.69, 9.17) is 4.19 Å². The van der Waals surface area contributed by atoms with Crippen LogP contribution in [-0.2, 0) is 87.6 Å². The van der Waals surface area contributed by atoms with Crippen LogP contribution in [0.4, 0.5) is 0 Å². The molecule has 0 amide bonds. The van der Waals surface area contributed by atoms with Gasteiger partial charge < -0.3 is 5.48 Å². The molecule has 2 radical (unpaired) electrons. The summed E-state index contributed by atoms with van der Waals surface area (Å²) in [4.78, 5) is 0.